The molecular weight excluding hydrogens is 425 g/mol. The van der Waals surface area contributed by atoms with E-state index in [9.17, 15) is 0 Å². The zero-order valence-electron chi connectivity index (χ0n) is 12.6. The standard InChI is InChI=1S/C14H20S8/c1-3-5-7-17-11-12(18-8-6-4-2)22-14(21-11)13-19-9(15)10(16)20-13/h15-16H,3-8H2,1-2H3. The molecule has 2 rings (SSSR count). The first-order valence-electron chi connectivity index (χ1n) is 7.23. The van der Waals surface area contributed by atoms with Crippen LogP contribution in [0.3, 0.4) is 0 Å². The summed E-state index contributed by atoms with van der Waals surface area (Å²) in [6.07, 6.45) is 5.13. The van der Waals surface area contributed by atoms with Gasteiger partial charge < -0.3 is 0 Å². The van der Waals surface area contributed by atoms with Gasteiger partial charge in [0.05, 0.1) is 25.4 Å². The van der Waals surface area contributed by atoms with Gasteiger partial charge in [0.1, 0.15) is 0 Å². The van der Waals surface area contributed by atoms with Crippen LogP contribution < -0.4 is 0 Å². The first-order chi connectivity index (χ1) is 10.7. The Labute approximate surface area is 170 Å². The molecule has 0 spiro atoms. The maximum absolute atomic E-state index is 4.49. The topological polar surface area (TPSA) is 0 Å². The normalized spacial score (nSPS) is 19.1. The van der Waals surface area contributed by atoms with E-state index in [1.54, 1.807) is 23.5 Å². The summed E-state index contributed by atoms with van der Waals surface area (Å²) in [5.41, 5.74) is 0. The van der Waals surface area contributed by atoms with Crippen molar-refractivity contribution < 1.29 is 0 Å². The van der Waals surface area contributed by atoms with Crippen molar-refractivity contribution in [3.05, 3.63) is 25.4 Å². The molecule has 0 radical (unpaired) electrons. The lowest BCUT2D eigenvalue weighted by Gasteiger charge is -2.03. The van der Waals surface area contributed by atoms with Gasteiger partial charge in [-0.3, -0.25) is 0 Å². The minimum absolute atomic E-state index is 1.03. The molecule has 22 heavy (non-hydrogen) atoms. The molecule has 2 aliphatic heterocycles. The van der Waals surface area contributed by atoms with Gasteiger partial charge in [-0.2, -0.15) is 0 Å². The second-order valence-corrected chi connectivity index (χ2v) is 13.4. The first-order valence-corrected chi connectivity index (χ1v) is 13.4. The SMILES string of the molecule is CCCCSC1=C(SCCCC)SC(=C2SC(S)=C(S)S2)S1. The molecule has 0 aromatic rings. The molecule has 0 bridgehead atoms. The van der Waals surface area contributed by atoms with Gasteiger partial charge in [-0.25, -0.2) is 0 Å². The summed E-state index contributed by atoms with van der Waals surface area (Å²) in [5.74, 6) is 2.46. The van der Waals surface area contributed by atoms with E-state index in [4.69, 9.17) is 0 Å². The second kappa shape index (κ2) is 10.9. The van der Waals surface area contributed by atoms with Gasteiger partial charge in [0.15, 0.2) is 0 Å². The molecule has 2 heterocycles. The maximum Gasteiger partial charge on any atom is 0.0717 e. The van der Waals surface area contributed by atoms with Crippen LogP contribution in [0.25, 0.3) is 0 Å². The van der Waals surface area contributed by atoms with Crippen LogP contribution in [-0.4, -0.2) is 11.5 Å². The minimum Gasteiger partial charge on any atom is -0.135 e. The smallest absolute Gasteiger partial charge is 0.0717 e. The Bertz CT molecular complexity index is 451. The number of unbranched alkanes of at least 4 members (excludes halogenated alkanes) is 2. The van der Waals surface area contributed by atoms with Crippen molar-refractivity contribution in [2.75, 3.05) is 11.5 Å². The molecule has 0 saturated carbocycles. The van der Waals surface area contributed by atoms with Gasteiger partial charge in [-0.05, 0) is 24.3 Å². The zero-order chi connectivity index (χ0) is 15.9. The average molecular weight is 445 g/mol. The average Bonchev–Trinajstić information content (AvgIpc) is 3.04. The van der Waals surface area contributed by atoms with Crippen LogP contribution >= 0.6 is 95.8 Å². The first kappa shape index (κ1) is 20.3. The van der Waals surface area contributed by atoms with Gasteiger partial charge in [-0.1, -0.05) is 73.7 Å². The Morgan fingerprint density at radius 1 is 0.727 bits per heavy atom. The van der Waals surface area contributed by atoms with Crippen molar-refractivity contribution in [1.29, 1.82) is 0 Å². The van der Waals surface area contributed by atoms with E-state index in [1.807, 2.05) is 47.0 Å². The van der Waals surface area contributed by atoms with Gasteiger partial charge >= 0.3 is 0 Å². The molecule has 0 nitrogen and oxygen atoms in total. The van der Waals surface area contributed by atoms with E-state index in [2.05, 4.69) is 39.1 Å². The largest absolute Gasteiger partial charge is 0.135 e. The molecule has 0 N–H and O–H groups in total. The summed E-state index contributed by atoms with van der Waals surface area (Å²) < 4.78 is 7.86. The third-order valence-electron chi connectivity index (χ3n) is 2.73. The Morgan fingerprint density at radius 3 is 1.55 bits per heavy atom. The molecule has 124 valence electrons. The van der Waals surface area contributed by atoms with Gasteiger partial charge in [0.25, 0.3) is 0 Å². The van der Waals surface area contributed by atoms with Crippen molar-refractivity contribution in [3.63, 3.8) is 0 Å². The van der Waals surface area contributed by atoms with Crippen LogP contribution in [0.15, 0.2) is 25.4 Å². The highest BCUT2D eigenvalue weighted by atomic mass is 32.3. The molecule has 0 unspecified atom stereocenters. The summed E-state index contributed by atoms with van der Waals surface area (Å²) in [6, 6.07) is 0. The van der Waals surface area contributed by atoms with Crippen LogP contribution in [0.2, 0.25) is 0 Å². The Hall–Kier alpha value is 2.02. The Morgan fingerprint density at radius 2 is 1.14 bits per heavy atom. The fourth-order valence-corrected chi connectivity index (χ4v) is 11.1. The van der Waals surface area contributed by atoms with Crippen molar-refractivity contribution in [1.82, 2.24) is 0 Å². The lowest BCUT2D eigenvalue weighted by molar-refractivity contribution is 0.897. The molecule has 0 aliphatic carbocycles. The molecule has 0 fully saturated rings. The molecular formula is C14H20S8. The fraction of sp³-hybridized carbons (Fsp3) is 0.571. The highest BCUT2D eigenvalue weighted by Gasteiger charge is 2.28. The van der Waals surface area contributed by atoms with Gasteiger partial charge in [-0.15, -0.1) is 48.8 Å². The van der Waals surface area contributed by atoms with E-state index in [1.165, 1.54) is 54.1 Å². The molecule has 0 aromatic carbocycles. The van der Waals surface area contributed by atoms with Crippen LogP contribution in [0, 0.1) is 0 Å². The number of hydrogen-bond donors (Lipinski definition) is 2. The molecule has 2 aliphatic rings. The monoisotopic (exact) mass is 444 g/mol. The number of thioether (sulfide) groups is 6. The van der Waals surface area contributed by atoms with Crippen molar-refractivity contribution in [2.45, 2.75) is 39.5 Å². The van der Waals surface area contributed by atoms with Crippen molar-refractivity contribution in [3.8, 4) is 0 Å². The predicted octanol–water partition coefficient (Wildman–Crippen LogP) is 8.25. The van der Waals surface area contributed by atoms with Gasteiger partial charge in [0, 0.05) is 0 Å². The van der Waals surface area contributed by atoms with Crippen molar-refractivity contribution in [2.24, 2.45) is 0 Å². The Kier molecular flexibility index (Phi) is 10.1. The highest BCUT2D eigenvalue weighted by molar-refractivity contribution is 8.43. The molecule has 8 heteroatoms. The lowest BCUT2D eigenvalue weighted by atomic mass is 10.4. The summed E-state index contributed by atoms with van der Waals surface area (Å²) in [7, 11) is 0. The third kappa shape index (κ3) is 6.07. The lowest BCUT2D eigenvalue weighted by Crippen LogP contribution is -1.80. The maximum atomic E-state index is 4.49. The quantitative estimate of drug-likeness (QED) is 0.283. The van der Waals surface area contributed by atoms with E-state index in [0.717, 1.165) is 8.47 Å². The molecule has 0 saturated heterocycles. The van der Waals surface area contributed by atoms with Crippen LogP contribution in [0.5, 0.6) is 0 Å². The van der Waals surface area contributed by atoms with Gasteiger partial charge in [0.2, 0.25) is 0 Å². The molecule has 0 atom stereocenters. The molecule has 0 aromatic heterocycles. The summed E-state index contributed by atoms with van der Waals surface area (Å²) in [6.45, 7) is 4.52. The molecule has 0 amide bonds. The minimum atomic E-state index is 1.03. The van der Waals surface area contributed by atoms with Crippen molar-refractivity contribution >= 4 is 95.8 Å². The van der Waals surface area contributed by atoms with E-state index in [-0.39, 0.29) is 0 Å². The van der Waals surface area contributed by atoms with E-state index < -0.39 is 0 Å². The highest BCUT2D eigenvalue weighted by Crippen LogP contribution is 2.64. The number of hydrogen-bond acceptors (Lipinski definition) is 8. The van der Waals surface area contributed by atoms with Crippen LogP contribution in [0.4, 0.5) is 0 Å². The second-order valence-electron chi connectivity index (χ2n) is 4.57. The number of thiol groups is 2. The third-order valence-corrected chi connectivity index (χ3v) is 12.6. The van der Waals surface area contributed by atoms with Crippen LogP contribution in [0.1, 0.15) is 39.5 Å². The van der Waals surface area contributed by atoms with E-state index in [0.29, 0.717) is 0 Å². The van der Waals surface area contributed by atoms with E-state index >= 15 is 0 Å². The summed E-state index contributed by atoms with van der Waals surface area (Å²) in [4.78, 5) is 0. The zero-order valence-corrected chi connectivity index (χ0v) is 19.3. The Balaban J connectivity index is 2.01. The van der Waals surface area contributed by atoms with Crippen LogP contribution in [-0.2, 0) is 0 Å². The summed E-state index contributed by atoms with van der Waals surface area (Å²) >= 11 is 20.5. The fourth-order valence-electron chi connectivity index (χ4n) is 1.52. The predicted molar refractivity (Wildman–Crippen MR) is 124 cm³/mol. The number of rotatable bonds is 8. The summed E-state index contributed by atoms with van der Waals surface area (Å²) in [5, 5.41) is 0.